The van der Waals surface area contributed by atoms with E-state index in [9.17, 15) is 0 Å². The highest BCUT2D eigenvalue weighted by Crippen LogP contribution is 2.20. The molecule has 2 heteroatoms. The van der Waals surface area contributed by atoms with Crippen molar-refractivity contribution in [1.82, 2.24) is 0 Å². The van der Waals surface area contributed by atoms with E-state index in [-0.39, 0.29) is 0 Å². The van der Waals surface area contributed by atoms with Crippen LogP contribution < -0.4 is 4.74 Å². The first-order valence-corrected chi connectivity index (χ1v) is 4.57. The molecule has 2 rings (SSSR count). The number of hydrogen-bond acceptors (Lipinski definition) is 2. The van der Waals surface area contributed by atoms with Gasteiger partial charge < -0.3 is 9.47 Å². The van der Waals surface area contributed by atoms with Gasteiger partial charge in [-0.2, -0.15) is 0 Å². The quantitative estimate of drug-likeness (QED) is 0.661. The van der Waals surface area contributed by atoms with Gasteiger partial charge in [0.15, 0.2) is 0 Å². The Labute approximate surface area is 78.5 Å². The molecule has 1 heterocycles. The fraction of sp³-hybridized carbons (Fsp3) is 0.455. The number of aryl methyl sites for hydroxylation is 2. The van der Waals surface area contributed by atoms with Crippen LogP contribution in [0.2, 0.25) is 0 Å². The molecule has 0 bridgehead atoms. The van der Waals surface area contributed by atoms with E-state index >= 15 is 0 Å². The van der Waals surface area contributed by atoms with Crippen LogP contribution >= 0.6 is 0 Å². The molecule has 0 amide bonds. The van der Waals surface area contributed by atoms with E-state index in [1.54, 1.807) is 0 Å². The molecule has 0 unspecified atom stereocenters. The van der Waals surface area contributed by atoms with Crippen LogP contribution in [0.5, 0.6) is 5.75 Å². The van der Waals surface area contributed by atoms with Crippen molar-refractivity contribution >= 4 is 0 Å². The Hall–Kier alpha value is -1.02. The number of epoxide rings is 1. The van der Waals surface area contributed by atoms with Gasteiger partial charge in [0.2, 0.25) is 0 Å². The highest BCUT2D eigenvalue weighted by Gasteiger charge is 2.23. The summed E-state index contributed by atoms with van der Waals surface area (Å²) in [6.07, 6.45) is 0.334. The zero-order valence-electron chi connectivity index (χ0n) is 8.04. The Morgan fingerprint density at radius 3 is 2.85 bits per heavy atom. The number of benzene rings is 1. The maximum absolute atomic E-state index is 5.59. The van der Waals surface area contributed by atoms with Crippen LogP contribution in [0, 0.1) is 13.8 Å². The maximum Gasteiger partial charge on any atom is 0.122 e. The normalized spacial score (nSPS) is 20.0. The smallest absolute Gasteiger partial charge is 0.122 e. The van der Waals surface area contributed by atoms with Crippen LogP contribution in [0.25, 0.3) is 0 Å². The summed E-state index contributed by atoms with van der Waals surface area (Å²) in [5.74, 6) is 0.973. The Balaban J connectivity index is 2.01. The van der Waals surface area contributed by atoms with E-state index in [2.05, 4.69) is 26.0 Å². The third-order valence-corrected chi connectivity index (χ3v) is 2.16. The molecule has 1 fully saturated rings. The molecular weight excluding hydrogens is 164 g/mol. The average molecular weight is 178 g/mol. The molecule has 1 aromatic rings. The molecule has 1 aliphatic rings. The van der Waals surface area contributed by atoms with E-state index < -0.39 is 0 Å². The highest BCUT2D eigenvalue weighted by atomic mass is 16.6. The van der Waals surface area contributed by atoms with E-state index in [4.69, 9.17) is 9.47 Å². The molecule has 0 aromatic heterocycles. The Morgan fingerprint density at radius 2 is 2.23 bits per heavy atom. The third-order valence-electron chi connectivity index (χ3n) is 2.16. The minimum absolute atomic E-state index is 0.334. The lowest BCUT2D eigenvalue weighted by Crippen LogP contribution is -2.04. The molecular formula is C11H14O2. The molecule has 0 saturated carbocycles. The van der Waals surface area contributed by atoms with Gasteiger partial charge in [-0.1, -0.05) is 17.7 Å². The summed E-state index contributed by atoms with van der Waals surface area (Å²) in [6.45, 7) is 5.69. The minimum Gasteiger partial charge on any atom is -0.491 e. The van der Waals surface area contributed by atoms with Gasteiger partial charge in [0, 0.05) is 0 Å². The lowest BCUT2D eigenvalue weighted by molar-refractivity contribution is 0.261. The van der Waals surface area contributed by atoms with Crippen molar-refractivity contribution in [3.63, 3.8) is 0 Å². The Bertz CT molecular complexity index is 303. The largest absolute Gasteiger partial charge is 0.491 e. The van der Waals surface area contributed by atoms with Crippen molar-refractivity contribution in [2.45, 2.75) is 20.0 Å². The zero-order chi connectivity index (χ0) is 9.26. The van der Waals surface area contributed by atoms with Crippen molar-refractivity contribution in [3.8, 4) is 5.75 Å². The van der Waals surface area contributed by atoms with Crippen LogP contribution in [0.1, 0.15) is 11.1 Å². The fourth-order valence-corrected chi connectivity index (χ4v) is 1.31. The number of rotatable bonds is 3. The average Bonchev–Trinajstić information content (AvgIpc) is 2.86. The van der Waals surface area contributed by atoms with Gasteiger partial charge in [0.1, 0.15) is 18.5 Å². The van der Waals surface area contributed by atoms with Gasteiger partial charge in [-0.25, -0.2) is 0 Å². The summed E-state index contributed by atoms with van der Waals surface area (Å²) >= 11 is 0. The second-order valence-electron chi connectivity index (χ2n) is 3.54. The Morgan fingerprint density at radius 1 is 1.46 bits per heavy atom. The molecule has 0 spiro atoms. The van der Waals surface area contributed by atoms with Crippen LogP contribution in [-0.2, 0) is 4.74 Å². The summed E-state index contributed by atoms with van der Waals surface area (Å²) in [5, 5.41) is 0. The summed E-state index contributed by atoms with van der Waals surface area (Å²) < 4.78 is 10.7. The van der Waals surface area contributed by atoms with Crippen LogP contribution in [0.3, 0.4) is 0 Å². The lowest BCUT2D eigenvalue weighted by atomic mass is 10.1. The number of hydrogen-bond donors (Lipinski definition) is 0. The molecule has 0 N–H and O–H groups in total. The second-order valence-corrected chi connectivity index (χ2v) is 3.54. The van der Waals surface area contributed by atoms with Gasteiger partial charge >= 0.3 is 0 Å². The molecule has 0 aliphatic carbocycles. The van der Waals surface area contributed by atoms with Gasteiger partial charge in [-0.3, -0.25) is 0 Å². The topological polar surface area (TPSA) is 21.8 Å². The summed E-state index contributed by atoms with van der Waals surface area (Å²) in [7, 11) is 0. The van der Waals surface area contributed by atoms with E-state index in [0.717, 1.165) is 12.4 Å². The van der Waals surface area contributed by atoms with E-state index in [0.29, 0.717) is 12.7 Å². The second kappa shape index (κ2) is 3.38. The molecule has 1 atom stereocenters. The first-order valence-electron chi connectivity index (χ1n) is 4.57. The van der Waals surface area contributed by atoms with Gasteiger partial charge in [-0.15, -0.1) is 0 Å². The van der Waals surface area contributed by atoms with Crippen molar-refractivity contribution in [1.29, 1.82) is 0 Å². The van der Waals surface area contributed by atoms with E-state index in [1.807, 2.05) is 6.07 Å². The lowest BCUT2D eigenvalue weighted by Gasteiger charge is -2.07. The van der Waals surface area contributed by atoms with Gasteiger partial charge in [0.05, 0.1) is 6.61 Å². The van der Waals surface area contributed by atoms with Crippen molar-refractivity contribution in [2.24, 2.45) is 0 Å². The SMILES string of the molecule is Cc1ccc(OC[C@H]2CO2)c(C)c1. The van der Waals surface area contributed by atoms with Gasteiger partial charge in [-0.05, 0) is 25.5 Å². The standard InChI is InChI=1S/C11H14O2/c1-8-3-4-11(9(2)5-8)13-7-10-6-12-10/h3-5,10H,6-7H2,1-2H3/t10-/m1/s1. The van der Waals surface area contributed by atoms with Crippen molar-refractivity contribution in [2.75, 3.05) is 13.2 Å². The molecule has 1 aromatic carbocycles. The summed E-state index contributed by atoms with van der Waals surface area (Å²) in [4.78, 5) is 0. The van der Waals surface area contributed by atoms with Crippen molar-refractivity contribution < 1.29 is 9.47 Å². The number of ether oxygens (including phenoxy) is 2. The first-order chi connectivity index (χ1) is 6.25. The molecule has 70 valence electrons. The molecule has 2 nitrogen and oxygen atoms in total. The van der Waals surface area contributed by atoms with Crippen LogP contribution in [-0.4, -0.2) is 19.3 Å². The highest BCUT2D eigenvalue weighted by molar-refractivity contribution is 5.35. The maximum atomic E-state index is 5.59. The Kier molecular flexibility index (Phi) is 2.23. The molecule has 1 aliphatic heterocycles. The predicted octanol–water partition coefficient (Wildman–Crippen LogP) is 2.08. The first kappa shape index (κ1) is 8.57. The molecule has 1 saturated heterocycles. The fourth-order valence-electron chi connectivity index (χ4n) is 1.31. The summed E-state index contributed by atoms with van der Waals surface area (Å²) in [6, 6.07) is 6.21. The van der Waals surface area contributed by atoms with Crippen molar-refractivity contribution in [3.05, 3.63) is 29.3 Å². The van der Waals surface area contributed by atoms with E-state index in [1.165, 1.54) is 11.1 Å². The monoisotopic (exact) mass is 178 g/mol. The minimum atomic E-state index is 0.334. The molecule has 13 heavy (non-hydrogen) atoms. The molecule has 0 radical (unpaired) electrons. The predicted molar refractivity (Wildman–Crippen MR) is 51.2 cm³/mol. The third kappa shape index (κ3) is 2.22. The zero-order valence-corrected chi connectivity index (χ0v) is 8.04. The van der Waals surface area contributed by atoms with Crippen LogP contribution in [0.15, 0.2) is 18.2 Å². The van der Waals surface area contributed by atoms with Crippen LogP contribution in [0.4, 0.5) is 0 Å². The summed E-state index contributed by atoms with van der Waals surface area (Å²) in [5.41, 5.74) is 2.47. The van der Waals surface area contributed by atoms with Gasteiger partial charge in [0.25, 0.3) is 0 Å².